The van der Waals surface area contributed by atoms with Gasteiger partial charge < -0.3 is 14.8 Å². The Labute approximate surface area is 140 Å². The predicted molar refractivity (Wildman–Crippen MR) is 88.7 cm³/mol. The number of rotatable bonds is 7. The zero-order chi connectivity index (χ0) is 16.8. The highest BCUT2D eigenvalue weighted by Gasteiger charge is 2.22. The predicted octanol–water partition coefficient (Wildman–Crippen LogP) is 3.10. The number of carbonyl (C=O) groups is 1. The molecule has 2 aromatic carbocycles. The molecule has 1 amide bonds. The van der Waals surface area contributed by atoms with Crippen molar-refractivity contribution in [2.24, 2.45) is 0 Å². The maximum absolute atomic E-state index is 13.4. The maximum Gasteiger partial charge on any atom is 0.220 e. The van der Waals surface area contributed by atoms with Crippen molar-refractivity contribution in [1.29, 1.82) is 0 Å². The highest BCUT2D eigenvalue weighted by atomic mass is 19.1. The molecule has 126 valence electrons. The van der Waals surface area contributed by atoms with Crippen molar-refractivity contribution < 1.29 is 18.7 Å². The quantitative estimate of drug-likeness (QED) is 0.794. The van der Waals surface area contributed by atoms with Crippen LogP contribution in [0.25, 0.3) is 0 Å². The van der Waals surface area contributed by atoms with Crippen molar-refractivity contribution >= 4 is 5.91 Å². The molecule has 0 saturated heterocycles. The van der Waals surface area contributed by atoms with Crippen LogP contribution in [-0.4, -0.2) is 25.2 Å². The van der Waals surface area contributed by atoms with Gasteiger partial charge in [-0.3, -0.25) is 4.79 Å². The minimum absolute atomic E-state index is 0.0129. The zero-order valence-corrected chi connectivity index (χ0v) is 13.3. The first-order chi connectivity index (χ1) is 11.7. The van der Waals surface area contributed by atoms with E-state index < -0.39 is 0 Å². The van der Waals surface area contributed by atoms with Crippen LogP contribution in [0, 0.1) is 5.82 Å². The lowest BCUT2D eigenvalue weighted by Crippen LogP contribution is -2.34. The zero-order valence-electron chi connectivity index (χ0n) is 13.3. The highest BCUT2D eigenvalue weighted by molar-refractivity contribution is 5.75. The third kappa shape index (κ3) is 4.25. The largest absolute Gasteiger partial charge is 0.491 e. The van der Waals surface area contributed by atoms with Crippen molar-refractivity contribution in [2.75, 3.05) is 13.2 Å². The molecule has 0 bridgehead atoms. The Kier molecular flexibility index (Phi) is 5.31. The molecule has 24 heavy (non-hydrogen) atoms. The number of nitrogens with one attached hydrogen (secondary N) is 1. The van der Waals surface area contributed by atoms with Gasteiger partial charge in [-0.25, -0.2) is 4.39 Å². The second-order valence-electron chi connectivity index (χ2n) is 5.74. The minimum Gasteiger partial charge on any atom is -0.491 e. The molecule has 5 heteroatoms. The van der Waals surface area contributed by atoms with E-state index in [1.165, 1.54) is 11.6 Å². The standard InChI is InChI=1S/C19H20FNO3/c20-16-7-2-4-9-18(16)23-11-5-10-19(22)21-13-15-12-14-6-1-3-8-17(14)24-15/h1-4,6-9,15H,5,10-13H2,(H,21,22)/t15-/m0/s1. The monoisotopic (exact) mass is 329 g/mol. The number of amides is 1. The van der Waals surface area contributed by atoms with Crippen molar-refractivity contribution in [3.05, 3.63) is 59.9 Å². The van der Waals surface area contributed by atoms with E-state index in [-0.39, 0.29) is 23.6 Å². The van der Waals surface area contributed by atoms with E-state index in [4.69, 9.17) is 9.47 Å². The van der Waals surface area contributed by atoms with Gasteiger partial charge >= 0.3 is 0 Å². The molecule has 0 radical (unpaired) electrons. The van der Waals surface area contributed by atoms with Crippen molar-refractivity contribution in [2.45, 2.75) is 25.4 Å². The Hall–Kier alpha value is -2.56. The number of para-hydroxylation sites is 2. The second-order valence-corrected chi connectivity index (χ2v) is 5.74. The molecule has 1 atom stereocenters. The van der Waals surface area contributed by atoms with Gasteiger partial charge in [-0.1, -0.05) is 30.3 Å². The summed E-state index contributed by atoms with van der Waals surface area (Å²) in [6, 6.07) is 14.2. The average molecular weight is 329 g/mol. The summed E-state index contributed by atoms with van der Waals surface area (Å²) < 4.78 is 24.5. The normalized spacial score (nSPS) is 15.5. The number of hydrogen-bond acceptors (Lipinski definition) is 3. The van der Waals surface area contributed by atoms with Crippen LogP contribution in [0.4, 0.5) is 4.39 Å². The Balaban J connectivity index is 1.32. The Morgan fingerprint density at radius 3 is 2.83 bits per heavy atom. The first kappa shape index (κ1) is 16.3. The first-order valence-corrected chi connectivity index (χ1v) is 8.11. The van der Waals surface area contributed by atoms with Crippen LogP contribution >= 0.6 is 0 Å². The molecule has 1 aliphatic heterocycles. The molecule has 1 heterocycles. The average Bonchev–Trinajstić information content (AvgIpc) is 3.01. The summed E-state index contributed by atoms with van der Waals surface area (Å²) in [5.74, 6) is 0.677. The van der Waals surface area contributed by atoms with Crippen LogP contribution in [-0.2, 0) is 11.2 Å². The molecule has 0 fully saturated rings. The highest BCUT2D eigenvalue weighted by Crippen LogP contribution is 2.27. The molecule has 0 aliphatic carbocycles. The summed E-state index contributed by atoms with van der Waals surface area (Å²) in [4.78, 5) is 11.9. The molecule has 0 aromatic heterocycles. The maximum atomic E-state index is 13.4. The van der Waals surface area contributed by atoms with Gasteiger partial charge in [-0.05, 0) is 30.2 Å². The van der Waals surface area contributed by atoms with Crippen molar-refractivity contribution in [1.82, 2.24) is 5.32 Å². The SMILES string of the molecule is O=C(CCCOc1ccccc1F)NC[C@@H]1Cc2ccccc2O1. The van der Waals surface area contributed by atoms with Crippen LogP contribution in [0.2, 0.25) is 0 Å². The Morgan fingerprint density at radius 1 is 1.21 bits per heavy atom. The molecular formula is C19H20FNO3. The topological polar surface area (TPSA) is 47.6 Å². The number of ether oxygens (including phenoxy) is 2. The lowest BCUT2D eigenvalue weighted by Gasteiger charge is -2.12. The van der Waals surface area contributed by atoms with Gasteiger partial charge in [0.05, 0.1) is 13.2 Å². The molecule has 0 spiro atoms. The van der Waals surface area contributed by atoms with Gasteiger partial charge in [-0.15, -0.1) is 0 Å². The Bertz CT molecular complexity index is 680. The fraction of sp³-hybridized carbons (Fsp3) is 0.316. The summed E-state index contributed by atoms with van der Waals surface area (Å²) in [5.41, 5.74) is 1.18. The first-order valence-electron chi connectivity index (χ1n) is 8.11. The second kappa shape index (κ2) is 7.81. The van der Waals surface area contributed by atoms with Gasteiger partial charge in [0.25, 0.3) is 0 Å². The lowest BCUT2D eigenvalue weighted by atomic mass is 10.1. The van der Waals surface area contributed by atoms with Crippen molar-refractivity contribution in [3.8, 4) is 11.5 Å². The van der Waals surface area contributed by atoms with Crippen LogP contribution in [0.15, 0.2) is 48.5 Å². The van der Waals surface area contributed by atoms with E-state index in [0.717, 1.165) is 12.2 Å². The van der Waals surface area contributed by atoms with E-state index in [1.54, 1.807) is 18.2 Å². The van der Waals surface area contributed by atoms with E-state index in [9.17, 15) is 9.18 Å². The number of hydrogen-bond donors (Lipinski definition) is 1. The Morgan fingerprint density at radius 2 is 2.00 bits per heavy atom. The summed E-state index contributed by atoms with van der Waals surface area (Å²) in [6.45, 7) is 0.793. The fourth-order valence-electron chi connectivity index (χ4n) is 2.66. The van der Waals surface area contributed by atoms with Gasteiger partial charge in [0.2, 0.25) is 5.91 Å². The van der Waals surface area contributed by atoms with Gasteiger partial charge in [-0.2, -0.15) is 0 Å². The third-order valence-corrected chi connectivity index (χ3v) is 3.88. The number of benzene rings is 2. The molecule has 3 rings (SSSR count). The molecule has 1 aliphatic rings. The molecule has 0 unspecified atom stereocenters. The number of halogens is 1. The summed E-state index contributed by atoms with van der Waals surface area (Å²) in [6.07, 6.45) is 1.67. The fourth-order valence-corrected chi connectivity index (χ4v) is 2.66. The van der Waals surface area contributed by atoms with E-state index in [1.807, 2.05) is 24.3 Å². The van der Waals surface area contributed by atoms with Crippen molar-refractivity contribution in [3.63, 3.8) is 0 Å². The lowest BCUT2D eigenvalue weighted by molar-refractivity contribution is -0.121. The van der Waals surface area contributed by atoms with Gasteiger partial charge in [0, 0.05) is 12.8 Å². The van der Waals surface area contributed by atoms with E-state index in [2.05, 4.69) is 5.32 Å². The van der Waals surface area contributed by atoms with Crippen LogP contribution in [0.1, 0.15) is 18.4 Å². The minimum atomic E-state index is -0.389. The molecule has 0 saturated carbocycles. The molecule has 2 aromatic rings. The summed E-state index contributed by atoms with van der Waals surface area (Å²) in [5, 5.41) is 2.88. The van der Waals surface area contributed by atoms with Crippen LogP contribution < -0.4 is 14.8 Å². The van der Waals surface area contributed by atoms with Gasteiger partial charge in [0.1, 0.15) is 11.9 Å². The van der Waals surface area contributed by atoms with Crippen LogP contribution in [0.5, 0.6) is 11.5 Å². The van der Waals surface area contributed by atoms with Gasteiger partial charge in [0.15, 0.2) is 11.6 Å². The molecule has 4 nitrogen and oxygen atoms in total. The van der Waals surface area contributed by atoms with Crippen LogP contribution in [0.3, 0.4) is 0 Å². The van der Waals surface area contributed by atoms with E-state index >= 15 is 0 Å². The molecule has 1 N–H and O–H groups in total. The van der Waals surface area contributed by atoms with E-state index in [0.29, 0.717) is 26.0 Å². The third-order valence-electron chi connectivity index (χ3n) is 3.88. The summed E-state index contributed by atoms with van der Waals surface area (Å²) >= 11 is 0. The molecular weight excluding hydrogens is 309 g/mol. The number of fused-ring (bicyclic) bond motifs is 1. The smallest absolute Gasteiger partial charge is 0.220 e. The number of carbonyl (C=O) groups excluding carboxylic acids is 1. The summed E-state index contributed by atoms with van der Waals surface area (Å²) in [7, 11) is 0.